The molecule has 2 aromatic heterocycles. The van der Waals surface area contributed by atoms with Crippen molar-refractivity contribution in [2.75, 3.05) is 0 Å². The van der Waals surface area contributed by atoms with Crippen LogP contribution in [-0.4, -0.2) is 9.55 Å². The van der Waals surface area contributed by atoms with Crippen molar-refractivity contribution in [1.82, 2.24) is 9.55 Å². The maximum atomic E-state index is 5.67. The van der Waals surface area contributed by atoms with E-state index in [1.54, 1.807) is 0 Å². The zero-order valence-corrected chi connectivity index (χ0v) is 39.0. The number of pyridine rings is 1. The van der Waals surface area contributed by atoms with Gasteiger partial charge in [0.2, 0.25) is 0 Å². The van der Waals surface area contributed by atoms with Crippen LogP contribution in [-0.2, 0) is 5.41 Å². The van der Waals surface area contributed by atoms with Gasteiger partial charge >= 0.3 is 0 Å². The van der Waals surface area contributed by atoms with Crippen molar-refractivity contribution in [3.8, 4) is 72.7 Å². The van der Waals surface area contributed by atoms with Gasteiger partial charge in [-0.2, -0.15) is 0 Å². The molecule has 0 aliphatic heterocycles. The highest BCUT2D eigenvalue weighted by Crippen LogP contribution is 2.50. The third-order valence-electron chi connectivity index (χ3n) is 15.1. The van der Waals surface area contributed by atoms with Crippen LogP contribution in [0.2, 0.25) is 0 Å². The van der Waals surface area contributed by atoms with Crippen LogP contribution in [0.3, 0.4) is 0 Å². The Morgan fingerprint density at radius 2 is 0.771 bits per heavy atom. The minimum absolute atomic E-state index is 0.134. The van der Waals surface area contributed by atoms with Crippen molar-refractivity contribution >= 4 is 54.1 Å². The van der Waals surface area contributed by atoms with Crippen LogP contribution in [0, 0.1) is 0 Å². The van der Waals surface area contributed by atoms with Gasteiger partial charge in [-0.25, -0.2) is 4.98 Å². The van der Waals surface area contributed by atoms with Crippen LogP contribution < -0.4 is 0 Å². The number of hydrogen-bond donors (Lipinski definition) is 0. The van der Waals surface area contributed by atoms with E-state index in [4.69, 9.17) is 4.98 Å². The molecule has 0 bridgehead atoms. The summed E-state index contributed by atoms with van der Waals surface area (Å²) in [5.41, 5.74) is 19.6. The Balaban J connectivity index is 1.04. The number of para-hydroxylation sites is 1. The fraction of sp³-hybridized carbons (Fsp3) is 0.0441. The predicted octanol–water partition coefficient (Wildman–Crippen LogP) is 18.3. The molecule has 0 radical (unpaired) electrons. The summed E-state index contributed by atoms with van der Waals surface area (Å²) >= 11 is 0. The van der Waals surface area contributed by atoms with E-state index in [2.05, 4.69) is 261 Å². The summed E-state index contributed by atoms with van der Waals surface area (Å²) in [6.07, 6.45) is 0. The molecule has 0 amide bonds. The lowest BCUT2D eigenvalue weighted by molar-refractivity contribution is 0.660. The first-order chi connectivity index (χ1) is 34.4. The van der Waals surface area contributed by atoms with Crippen LogP contribution in [0.4, 0.5) is 0 Å². The van der Waals surface area contributed by atoms with E-state index in [1.165, 1.54) is 76.5 Å². The molecule has 2 heterocycles. The molecule has 0 saturated carbocycles. The van der Waals surface area contributed by atoms with Gasteiger partial charge in [0.25, 0.3) is 0 Å². The number of hydrogen-bond acceptors (Lipinski definition) is 1. The van der Waals surface area contributed by atoms with Crippen molar-refractivity contribution < 1.29 is 0 Å². The Morgan fingerprint density at radius 1 is 0.286 bits per heavy atom. The molecule has 0 N–H and O–H groups in total. The van der Waals surface area contributed by atoms with Crippen molar-refractivity contribution in [2.24, 2.45) is 0 Å². The van der Waals surface area contributed by atoms with Gasteiger partial charge in [0.05, 0.1) is 22.4 Å². The molecule has 2 heteroatoms. The minimum atomic E-state index is -0.134. The Hall–Kier alpha value is -8.85. The molecule has 13 aromatic rings. The van der Waals surface area contributed by atoms with E-state index in [9.17, 15) is 0 Å². The van der Waals surface area contributed by atoms with Crippen molar-refractivity contribution in [3.05, 3.63) is 254 Å². The summed E-state index contributed by atoms with van der Waals surface area (Å²) in [5.74, 6) is 0. The first-order valence-electron chi connectivity index (χ1n) is 24.3. The Kier molecular flexibility index (Phi) is 8.97. The number of fused-ring (bicyclic) bond motifs is 12. The smallest absolute Gasteiger partial charge is 0.0716 e. The van der Waals surface area contributed by atoms with Gasteiger partial charge in [0.15, 0.2) is 0 Å². The second-order valence-electron chi connectivity index (χ2n) is 19.5. The van der Waals surface area contributed by atoms with Crippen LogP contribution >= 0.6 is 0 Å². The van der Waals surface area contributed by atoms with Gasteiger partial charge in [-0.1, -0.05) is 202 Å². The van der Waals surface area contributed by atoms with Crippen molar-refractivity contribution in [1.29, 1.82) is 0 Å². The van der Waals surface area contributed by atoms with E-state index in [0.29, 0.717) is 0 Å². The summed E-state index contributed by atoms with van der Waals surface area (Å²) < 4.78 is 2.47. The summed E-state index contributed by atoms with van der Waals surface area (Å²) in [7, 11) is 0. The fourth-order valence-corrected chi connectivity index (χ4v) is 11.7. The molecular formula is C68H46N2. The van der Waals surface area contributed by atoms with E-state index in [1.807, 2.05) is 0 Å². The summed E-state index contributed by atoms with van der Waals surface area (Å²) in [4.78, 5) is 5.67. The molecule has 0 unspecified atom stereocenters. The molecular weight excluding hydrogens is 845 g/mol. The predicted molar refractivity (Wildman–Crippen MR) is 296 cm³/mol. The summed E-state index contributed by atoms with van der Waals surface area (Å²) in [6, 6.07) is 89.5. The van der Waals surface area contributed by atoms with E-state index >= 15 is 0 Å². The van der Waals surface area contributed by atoms with Gasteiger partial charge in [0, 0.05) is 33.0 Å². The minimum Gasteiger partial charge on any atom is -0.309 e. The average molecular weight is 891 g/mol. The Labute approximate surface area is 407 Å². The average Bonchev–Trinajstić information content (AvgIpc) is 3.88. The third kappa shape index (κ3) is 6.30. The van der Waals surface area contributed by atoms with Gasteiger partial charge < -0.3 is 4.57 Å². The molecule has 0 saturated heterocycles. The second-order valence-corrected chi connectivity index (χ2v) is 19.5. The SMILES string of the molecule is CC1(C)c2ccccc2-c2ccc(-c3cc(-c4ccccc4)cc(-c4cc(-c5ccc6c7ccccc7c7ccccc7c6c5)cc(-n5c6ccccc6c6ccc(-c7ccccc7)cc65)c4)n3)cc21. The molecule has 2 nitrogen and oxygen atoms in total. The largest absolute Gasteiger partial charge is 0.309 e. The van der Waals surface area contributed by atoms with Gasteiger partial charge in [-0.3, -0.25) is 0 Å². The topological polar surface area (TPSA) is 17.8 Å². The van der Waals surface area contributed by atoms with Gasteiger partial charge in [-0.15, -0.1) is 0 Å². The quantitative estimate of drug-likeness (QED) is 0.152. The van der Waals surface area contributed by atoms with Crippen LogP contribution in [0.5, 0.6) is 0 Å². The highest BCUT2D eigenvalue weighted by Gasteiger charge is 2.35. The lowest BCUT2D eigenvalue weighted by Crippen LogP contribution is -2.14. The highest BCUT2D eigenvalue weighted by molar-refractivity contribution is 6.25. The van der Waals surface area contributed by atoms with Crippen LogP contribution in [0.25, 0.3) is 127 Å². The molecule has 0 fully saturated rings. The van der Waals surface area contributed by atoms with Crippen LogP contribution in [0.1, 0.15) is 25.0 Å². The first kappa shape index (κ1) is 40.2. The first-order valence-corrected chi connectivity index (χ1v) is 24.3. The molecule has 0 atom stereocenters. The maximum absolute atomic E-state index is 5.67. The van der Waals surface area contributed by atoms with Crippen molar-refractivity contribution in [3.63, 3.8) is 0 Å². The van der Waals surface area contributed by atoms with E-state index in [0.717, 1.165) is 61.5 Å². The summed E-state index contributed by atoms with van der Waals surface area (Å²) in [5, 5.41) is 10.0. The lowest BCUT2D eigenvalue weighted by Gasteiger charge is -2.22. The monoisotopic (exact) mass is 890 g/mol. The van der Waals surface area contributed by atoms with Gasteiger partial charge in [0.1, 0.15) is 0 Å². The number of rotatable bonds is 6. The number of benzene rings is 11. The zero-order chi connectivity index (χ0) is 46.5. The standard InChI is InChI=1S/C68H46N2/c1-68(2)62-27-15-13-25-57(62)58-33-31-47(39-63(58)68)64-40-49(44-19-7-4-8-20-44)41-65(69-64)50-35-48(45-29-32-56-54-23-10-9-21-52(54)53-22-11-12-24-55(53)61(56)38-45)36-51(37-50)70-66-28-16-14-26-59(66)60-34-30-46(42-67(60)70)43-17-5-3-6-18-43/h3-42H,1-2H3. The Morgan fingerprint density at radius 3 is 1.49 bits per heavy atom. The molecule has 0 spiro atoms. The third-order valence-corrected chi connectivity index (χ3v) is 15.1. The summed E-state index contributed by atoms with van der Waals surface area (Å²) in [6.45, 7) is 4.70. The maximum Gasteiger partial charge on any atom is 0.0716 e. The molecule has 70 heavy (non-hydrogen) atoms. The van der Waals surface area contributed by atoms with E-state index < -0.39 is 0 Å². The number of aromatic nitrogens is 2. The Bertz CT molecular complexity index is 4220. The lowest BCUT2D eigenvalue weighted by atomic mass is 9.82. The molecule has 1 aliphatic carbocycles. The molecule has 14 rings (SSSR count). The van der Waals surface area contributed by atoms with E-state index in [-0.39, 0.29) is 5.41 Å². The highest BCUT2D eigenvalue weighted by atomic mass is 15.0. The fourth-order valence-electron chi connectivity index (χ4n) is 11.7. The van der Waals surface area contributed by atoms with Gasteiger partial charge in [-0.05, 0) is 143 Å². The molecule has 11 aromatic carbocycles. The number of nitrogens with zero attached hydrogens (tertiary/aromatic N) is 2. The van der Waals surface area contributed by atoms with Crippen LogP contribution in [0.15, 0.2) is 243 Å². The molecule has 328 valence electrons. The second kappa shape index (κ2) is 15.6. The molecule has 1 aliphatic rings. The zero-order valence-electron chi connectivity index (χ0n) is 39.0. The normalized spacial score (nSPS) is 12.8. The van der Waals surface area contributed by atoms with Crippen molar-refractivity contribution in [2.45, 2.75) is 19.3 Å².